The summed E-state index contributed by atoms with van der Waals surface area (Å²) in [4.78, 5) is 34.0. The molecule has 29 heavy (non-hydrogen) atoms. The van der Waals surface area contributed by atoms with Crippen LogP contribution in [-0.4, -0.2) is 71.2 Å². The van der Waals surface area contributed by atoms with E-state index in [-0.39, 0.29) is 30.1 Å². The largest absolute Gasteiger partial charge is 0.381 e. The van der Waals surface area contributed by atoms with E-state index in [9.17, 15) is 9.59 Å². The van der Waals surface area contributed by atoms with Gasteiger partial charge in [-0.15, -0.1) is 0 Å². The van der Waals surface area contributed by atoms with E-state index in [4.69, 9.17) is 4.74 Å². The lowest BCUT2D eigenvalue weighted by Gasteiger charge is -2.48. The van der Waals surface area contributed by atoms with E-state index in [0.717, 1.165) is 23.7 Å². The quantitative estimate of drug-likeness (QED) is 0.862. The third-order valence-corrected chi connectivity index (χ3v) is 5.59. The van der Waals surface area contributed by atoms with Gasteiger partial charge in [0.25, 0.3) is 5.91 Å². The van der Waals surface area contributed by atoms with Crippen molar-refractivity contribution in [3.05, 3.63) is 42.1 Å². The third-order valence-electron chi connectivity index (χ3n) is 5.59. The second-order valence-corrected chi connectivity index (χ2v) is 8.11. The minimum Gasteiger partial charge on any atom is -0.381 e. The number of aromatic nitrogens is 1. The molecule has 3 amide bonds. The monoisotopic (exact) mass is 396 g/mol. The second-order valence-electron chi connectivity index (χ2n) is 8.11. The Morgan fingerprint density at radius 3 is 2.55 bits per heavy atom. The van der Waals surface area contributed by atoms with Crippen LogP contribution in [0, 0.1) is 0 Å². The Labute approximate surface area is 171 Å². The predicted molar refractivity (Wildman–Crippen MR) is 111 cm³/mol. The second kappa shape index (κ2) is 8.37. The van der Waals surface area contributed by atoms with Crippen molar-refractivity contribution >= 4 is 22.8 Å². The summed E-state index contributed by atoms with van der Waals surface area (Å²) in [5.41, 5.74) is 1.27. The molecule has 2 saturated heterocycles. The molecule has 0 saturated carbocycles. The van der Waals surface area contributed by atoms with E-state index >= 15 is 0 Å². The summed E-state index contributed by atoms with van der Waals surface area (Å²) in [5, 5.41) is 4.03. The van der Waals surface area contributed by atoms with Crippen molar-refractivity contribution in [1.29, 1.82) is 0 Å². The van der Waals surface area contributed by atoms with Gasteiger partial charge < -0.3 is 19.9 Å². The number of hydrogen-bond donors (Lipinski definition) is 1. The van der Waals surface area contributed by atoms with Crippen molar-refractivity contribution < 1.29 is 14.3 Å². The van der Waals surface area contributed by atoms with Gasteiger partial charge in [0.05, 0.1) is 11.6 Å². The topological polar surface area (TPSA) is 74.8 Å². The van der Waals surface area contributed by atoms with Crippen LogP contribution in [-0.2, 0) is 4.74 Å². The summed E-state index contributed by atoms with van der Waals surface area (Å²) < 4.78 is 5.46. The maximum Gasteiger partial charge on any atom is 0.318 e. The lowest BCUT2D eigenvalue weighted by molar-refractivity contribution is -0.00538. The smallest absolute Gasteiger partial charge is 0.318 e. The average Bonchev–Trinajstić information content (AvgIpc) is 2.69. The van der Waals surface area contributed by atoms with Crippen LogP contribution in [0.2, 0.25) is 0 Å². The summed E-state index contributed by atoms with van der Waals surface area (Å²) >= 11 is 0. The van der Waals surface area contributed by atoms with Crippen LogP contribution in [0.15, 0.2) is 36.4 Å². The molecular weight excluding hydrogens is 368 g/mol. The van der Waals surface area contributed by atoms with Crippen molar-refractivity contribution in [3.63, 3.8) is 0 Å². The number of fused-ring (bicyclic) bond motifs is 1. The highest BCUT2D eigenvalue weighted by Crippen LogP contribution is 2.25. The first kappa shape index (κ1) is 19.6. The molecule has 0 unspecified atom stereocenters. The van der Waals surface area contributed by atoms with E-state index in [1.54, 1.807) is 11.0 Å². The first-order valence-electron chi connectivity index (χ1n) is 10.3. The first-order valence-corrected chi connectivity index (χ1v) is 10.3. The van der Waals surface area contributed by atoms with E-state index < -0.39 is 0 Å². The molecular formula is C22H28N4O3. The summed E-state index contributed by atoms with van der Waals surface area (Å²) in [6, 6.07) is 11.7. The van der Waals surface area contributed by atoms with E-state index in [0.29, 0.717) is 32.0 Å². The van der Waals surface area contributed by atoms with Crippen LogP contribution in [0.25, 0.3) is 10.9 Å². The lowest BCUT2D eigenvalue weighted by atomic mass is 10.00. The molecule has 0 atom stereocenters. The molecule has 4 rings (SSSR count). The zero-order chi connectivity index (χ0) is 20.4. The molecule has 1 aromatic heterocycles. The molecule has 0 spiro atoms. The van der Waals surface area contributed by atoms with Crippen LogP contribution in [0.3, 0.4) is 0 Å². The molecule has 154 valence electrons. The van der Waals surface area contributed by atoms with Crippen LogP contribution in [0.4, 0.5) is 4.79 Å². The number of amides is 3. The number of carbonyl (C=O) groups is 2. The number of likely N-dealkylation sites (tertiary alicyclic amines) is 1. The molecule has 2 fully saturated rings. The average molecular weight is 396 g/mol. The number of para-hydroxylation sites is 1. The number of carbonyl (C=O) groups excluding carboxylic acids is 2. The normalized spacial score (nSPS) is 18.0. The zero-order valence-corrected chi connectivity index (χ0v) is 17.0. The van der Waals surface area contributed by atoms with Crippen molar-refractivity contribution in [2.45, 2.75) is 44.8 Å². The molecule has 7 nitrogen and oxygen atoms in total. The van der Waals surface area contributed by atoms with Crippen molar-refractivity contribution in [3.8, 4) is 0 Å². The molecule has 2 aliphatic rings. The van der Waals surface area contributed by atoms with E-state index in [1.165, 1.54) is 0 Å². The van der Waals surface area contributed by atoms with Gasteiger partial charge in [0.15, 0.2) is 0 Å². The van der Waals surface area contributed by atoms with Gasteiger partial charge in [-0.3, -0.25) is 4.79 Å². The number of urea groups is 1. The highest BCUT2D eigenvalue weighted by Gasteiger charge is 2.41. The fourth-order valence-electron chi connectivity index (χ4n) is 4.06. The third kappa shape index (κ3) is 4.19. The standard InChI is InChI=1S/C22H28N4O3/c1-15(2)23-22(28)26(17-9-11-29-12-10-17)18-13-25(14-18)21(27)20-8-7-16-5-3-4-6-19(16)24-20/h3-8,15,17-18H,9-14H2,1-2H3,(H,23,28). The van der Waals surface area contributed by atoms with Gasteiger partial charge in [0.1, 0.15) is 5.69 Å². The number of benzene rings is 1. The van der Waals surface area contributed by atoms with E-state index in [1.807, 2.05) is 49.1 Å². The van der Waals surface area contributed by atoms with Crippen LogP contribution < -0.4 is 5.32 Å². The minimum atomic E-state index is -0.0804. The molecule has 1 aromatic carbocycles. The number of rotatable bonds is 4. The molecule has 1 N–H and O–H groups in total. The molecule has 0 radical (unpaired) electrons. The zero-order valence-electron chi connectivity index (χ0n) is 17.0. The SMILES string of the molecule is CC(C)NC(=O)N(C1CCOCC1)C1CN(C(=O)c2ccc3ccccc3n2)C1. The Hall–Kier alpha value is -2.67. The molecule has 3 heterocycles. The summed E-state index contributed by atoms with van der Waals surface area (Å²) in [7, 11) is 0. The summed E-state index contributed by atoms with van der Waals surface area (Å²) in [6.07, 6.45) is 1.67. The van der Waals surface area contributed by atoms with Crippen molar-refractivity contribution in [2.24, 2.45) is 0 Å². The van der Waals surface area contributed by atoms with Gasteiger partial charge in [0, 0.05) is 43.8 Å². The number of pyridine rings is 1. The van der Waals surface area contributed by atoms with Gasteiger partial charge in [0.2, 0.25) is 0 Å². The molecule has 0 bridgehead atoms. The Bertz CT molecular complexity index is 889. The Morgan fingerprint density at radius 1 is 1.10 bits per heavy atom. The highest BCUT2D eigenvalue weighted by atomic mass is 16.5. The fourth-order valence-corrected chi connectivity index (χ4v) is 4.06. The number of ether oxygens (including phenoxy) is 1. The fraction of sp³-hybridized carbons (Fsp3) is 0.500. The highest BCUT2D eigenvalue weighted by molar-refractivity contribution is 5.95. The number of nitrogens with zero attached hydrogens (tertiary/aromatic N) is 3. The van der Waals surface area contributed by atoms with E-state index in [2.05, 4.69) is 10.3 Å². The van der Waals surface area contributed by atoms with Gasteiger partial charge >= 0.3 is 6.03 Å². The Balaban J connectivity index is 1.44. The van der Waals surface area contributed by atoms with Gasteiger partial charge in [-0.25, -0.2) is 9.78 Å². The summed E-state index contributed by atoms with van der Waals surface area (Å²) in [6.45, 7) is 6.34. The Kier molecular flexibility index (Phi) is 5.67. The number of nitrogens with one attached hydrogen (secondary N) is 1. The first-order chi connectivity index (χ1) is 14.0. The van der Waals surface area contributed by atoms with Gasteiger partial charge in [-0.05, 0) is 38.8 Å². The predicted octanol–water partition coefficient (Wildman–Crippen LogP) is 2.66. The molecule has 0 aliphatic carbocycles. The molecule has 2 aromatic rings. The lowest BCUT2D eigenvalue weighted by Crippen LogP contribution is -2.66. The minimum absolute atomic E-state index is 0.0289. The van der Waals surface area contributed by atoms with Crippen LogP contribution in [0.5, 0.6) is 0 Å². The number of hydrogen-bond acceptors (Lipinski definition) is 4. The Morgan fingerprint density at radius 2 is 1.83 bits per heavy atom. The maximum atomic E-state index is 12.9. The van der Waals surface area contributed by atoms with Gasteiger partial charge in [-0.2, -0.15) is 0 Å². The van der Waals surface area contributed by atoms with Crippen molar-refractivity contribution in [1.82, 2.24) is 20.1 Å². The summed E-state index contributed by atoms with van der Waals surface area (Å²) in [5.74, 6) is -0.0804. The van der Waals surface area contributed by atoms with Crippen LogP contribution in [0.1, 0.15) is 37.2 Å². The van der Waals surface area contributed by atoms with Crippen LogP contribution >= 0.6 is 0 Å². The van der Waals surface area contributed by atoms with Crippen molar-refractivity contribution in [2.75, 3.05) is 26.3 Å². The van der Waals surface area contributed by atoms with Gasteiger partial charge in [-0.1, -0.05) is 24.3 Å². The molecule has 7 heteroatoms. The maximum absolute atomic E-state index is 12.9. The molecule has 2 aliphatic heterocycles.